The van der Waals surface area contributed by atoms with Crippen LogP contribution in [0.5, 0.6) is 0 Å². The van der Waals surface area contributed by atoms with Gasteiger partial charge in [0.1, 0.15) is 0 Å². The van der Waals surface area contributed by atoms with Crippen LogP contribution in [0.25, 0.3) is 0 Å². The van der Waals surface area contributed by atoms with Gasteiger partial charge in [-0.25, -0.2) is 0 Å². The first-order valence-corrected chi connectivity index (χ1v) is 9.34. The number of carbonyl (C=O) groups is 2. The lowest BCUT2D eigenvalue weighted by Crippen LogP contribution is -2.49. The summed E-state index contributed by atoms with van der Waals surface area (Å²) >= 11 is 0. The summed E-state index contributed by atoms with van der Waals surface area (Å²) in [7, 11) is 1.81. The highest BCUT2D eigenvalue weighted by Gasteiger charge is 2.32. The van der Waals surface area contributed by atoms with E-state index in [0.29, 0.717) is 13.1 Å². The van der Waals surface area contributed by atoms with Crippen LogP contribution in [0, 0.1) is 5.41 Å². The number of amides is 2. The van der Waals surface area contributed by atoms with Gasteiger partial charge in [0, 0.05) is 37.3 Å². The van der Waals surface area contributed by atoms with E-state index in [4.69, 9.17) is 0 Å². The van der Waals surface area contributed by atoms with Gasteiger partial charge in [-0.3, -0.25) is 14.5 Å². The third kappa shape index (κ3) is 5.95. The van der Waals surface area contributed by atoms with Crippen molar-refractivity contribution in [2.45, 2.75) is 45.8 Å². The van der Waals surface area contributed by atoms with Crippen LogP contribution in [0.15, 0.2) is 24.3 Å². The second-order valence-corrected chi connectivity index (χ2v) is 8.30. The number of carbonyl (C=O) groups excluding carboxylic acids is 2. The van der Waals surface area contributed by atoms with Crippen molar-refractivity contribution in [2.24, 2.45) is 5.41 Å². The van der Waals surface area contributed by atoms with Crippen molar-refractivity contribution in [1.82, 2.24) is 9.80 Å². The van der Waals surface area contributed by atoms with Gasteiger partial charge < -0.3 is 10.2 Å². The second-order valence-electron chi connectivity index (χ2n) is 8.30. The number of alkyl halides is 3. The molecule has 0 unspecified atom stereocenters. The average molecular weight is 399 g/mol. The molecule has 0 spiro atoms. The molecule has 0 aromatic heterocycles. The summed E-state index contributed by atoms with van der Waals surface area (Å²) in [5.74, 6) is -0.259. The van der Waals surface area contributed by atoms with Gasteiger partial charge in [0.15, 0.2) is 0 Å². The van der Waals surface area contributed by atoms with Crippen molar-refractivity contribution < 1.29 is 22.8 Å². The molecule has 1 N–H and O–H groups in total. The molecule has 2 rings (SSSR count). The van der Waals surface area contributed by atoms with Crippen molar-refractivity contribution in [1.29, 1.82) is 0 Å². The Hall–Kier alpha value is -2.09. The molecule has 8 heteroatoms. The minimum atomic E-state index is -4.45. The Morgan fingerprint density at radius 3 is 2.32 bits per heavy atom. The van der Waals surface area contributed by atoms with E-state index in [1.54, 1.807) is 4.90 Å². The number of nitrogens with one attached hydrogen (secondary N) is 1. The lowest BCUT2D eigenvalue weighted by Gasteiger charge is -2.38. The summed E-state index contributed by atoms with van der Waals surface area (Å²) < 4.78 is 38.3. The molecule has 0 aliphatic carbocycles. The van der Waals surface area contributed by atoms with Crippen LogP contribution in [0.3, 0.4) is 0 Å². The average Bonchev–Trinajstić information content (AvgIpc) is 2.59. The number of halogens is 3. The van der Waals surface area contributed by atoms with Gasteiger partial charge in [0.2, 0.25) is 11.8 Å². The van der Waals surface area contributed by atoms with E-state index < -0.39 is 17.2 Å². The van der Waals surface area contributed by atoms with Crippen LogP contribution in [0.4, 0.5) is 18.9 Å². The zero-order chi connectivity index (χ0) is 21.1. The first-order valence-electron chi connectivity index (χ1n) is 9.34. The van der Waals surface area contributed by atoms with Crippen LogP contribution in [-0.4, -0.2) is 54.3 Å². The van der Waals surface area contributed by atoms with Crippen molar-refractivity contribution in [3.8, 4) is 0 Å². The minimum Gasteiger partial charge on any atom is -0.342 e. The molecule has 28 heavy (non-hydrogen) atoms. The molecule has 156 valence electrons. The van der Waals surface area contributed by atoms with E-state index in [0.717, 1.165) is 25.0 Å². The first-order chi connectivity index (χ1) is 12.9. The summed E-state index contributed by atoms with van der Waals surface area (Å²) in [5.41, 5.74) is -1.10. The Balaban J connectivity index is 1.85. The monoisotopic (exact) mass is 399 g/mol. The Labute approximate surface area is 163 Å². The summed E-state index contributed by atoms with van der Waals surface area (Å²) in [4.78, 5) is 28.3. The van der Waals surface area contributed by atoms with Gasteiger partial charge in [-0.15, -0.1) is 0 Å². The van der Waals surface area contributed by atoms with Crippen LogP contribution in [0.1, 0.15) is 39.2 Å². The lowest BCUT2D eigenvalue weighted by molar-refractivity contribution is -0.141. The van der Waals surface area contributed by atoms with Crippen molar-refractivity contribution in [2.75, 3.05) is 32.0 Å². The zero-order valence-corrected chi connectivity index (χ0v) is 16.8. The highest BCUT2D eigenvalue weighted by atomic mass is 19.4. The molecule has 0 saturated carbocycles. The molecule has 1 saturated heterocycles. The van der Waals surface area contributed by atoms with E-state index in [1.807, 2.05) is 32.7 Å². The molecular formula is C20H28F3N3O2. The van der Waals surface area contributed by atoms with Crippen LogP contribution < -0.4 is 5.32 Å². The maximum atomic E-state index is 12.8. The number of hydrogen-bond donors (Lipinski definition) is 1. The number of hydrogen-bond acceptors (Lipinski definition) is 3. The molecule has 0 radical (unpaired) electrons. The SMILES string of the molecule is CN(C(=O)C(C)(C)C)C1CCN(CC(=O)Nc2cccc(C(F)(F)F)c2)CC1. The standard InChI is InChI=1S/C20H28F3N3O2/c1-19(2,3)18(28)25(4)16-8-10-26(11-9-16)13-17(27)24-15-7-5-6-14(12-15)20(21,22)23/h5-7,12,16H,8-11,13H2,1-4H3,(H,24,27). The third-order valence-corrected chi connectivity index (χ3v) is 4.91. The highest BCUT2D eigenvalue weighted by Crippen LogP contribution is 2.30. The van der Waals surface area contributed by atoms with Crippen molar-refractivity contribution in [3.05, 3.63) is 29.8 Å². The van der Waals surface area contributed by atoms with Gasteiger partial charge in [0.25, 0.3) is 0 Å². The number of nitrogens with zero attached hydrogens (tertiary/aromatic N) is 2. The minimum absolute atomic E-state index is 0.0910. The maximum Gasteiger partial charge on any atom is 0.416 e. The number of anilines is 1. The Morgan fingerprint density at radius 1 is 1.18 bits per heavy atom. The zero-order valence-electron chi connectivity index (χ0n) is 16.8. The van der Waals surface area contributed by atoms with Gasteiger partial charge in [-0.2, -0.15) is 13.2 Å². The quantitative estimate of drug-likeness (QED) is 0.842. The van der Waals surface area contributed by atoms with Gasteiger partial charge in [-0.1, -0.05) is 26.8 Å². The number of rotatable bonds is 4. The van der Waals surface area contributed by atoms with E-state index in [9.17, 15) is 22.8 Å². The molecule has 1 aliphatic heterocycles. The normalized spacial score (nSPS) is 16.7. The Morgan fingerprint density at radius 2 is 1.79 bits per heavy atom. The third-order valence-electron chi connectivity index (χ3n) is 4.91. The molecule has 0 bridgehead atoms. The van der Waals surface area contributed by atoms with Crippen molar-refractivity contribution in [3.63, 3.8) is 0 Å². The second kappa shape index (κ2) is 8.51. The van der Waals surface area contributed by atoms with Crippen molar-refractivity contribution >= 4 is 17.5 Å². The summed E-state index contributed by atoms with van der Waals surface area (Å²) in [6.45, 7) is 7.09. The largest absolute Gasteiger partial charge is 0.416 e. The van der Waals surface area contributed by atoms with E-state index in [-0.39, 0.29) is 30.1 Å². The van der Waals surface area contributed by atoms with Crippen LogP contribution >= 0.6 is 0 Å². The predicted molar refractivity (Wildman–Crippen MR) is 102 cm³/mol. The molecule has 1 aliphatic rings. The molecule has 1 aromatic carbocycles. The van der Waals surface area contributed by atoms with Gasteiger partial charge in [0.05, 0.1) is 12.1 Å². The summed E-state index contributed by atoms with van der Waals surface area (Å²) in [6, 6.07) is 4.74. The maximum absolute atomic E-state index is 12.8. The van der Waals surface area contributed by atoms with Crippen LogP contribution in [-0.2, 0) is 15.8 Å². The molecule has 0 atom stereocenters. The Bertz CT molecular complexity index is 705. The van der Waals surface area contributed by atoms with Crippen LogP contribution in [0.2, 0.25) is 0 Å². The summed E-state index contributed by atoms with van der Waals surface area (Å²) in [6.07, 6.45) is -2.93. The van der Waals surface area contributed by atoms with E-state index >= 15 is 0 Å². The van der Waals surface area contributed by atoms with Gasteiger partial charge >= 0.3 is 6.18 Å². The predicted octanol–water partition coefficient (Wildman–Crippen LogP) is 3.61. The smallest absolute Gasteiger partial charge is 0.342 e. The lowest BCUT2D eigenvalue weighted by atomic mass is 9.92. The van der Waals surface area contributed by atoms with E-state index in [1.165, 1.54) is 12.1 Å². The fourth-order valence-corrected chi connectivity index (χ4v) is 3.34. The molecule has 5 nitrogen and oxygen atoms in total. The fourth-order valence-electron chi connectivity index (χ4n) is 3.34. The molecule has 1 fully saturated rings. The summed E-state index contributed by atoms with van der Waals surface area (Å²) in [5, 5.41) is 2.53. The molecule has 2 amide bonds. The molecular weight excluding hydrogens is 371 g/mol. The Kier molecular flexibility index (Phi) is 6.75. The molecule has 1 aromatic rings. The molecule has 1 heterocycles. The topological polar surface area (TPSA) is 52.7 Å². The number of piperidine rings is 1. The van der Waals surface area contributed by atoms with Gasteiger partial charge in [-0.05, 0) is 31.0 Å². The number of benzene rings is 1. The first kappa shape index (κ1) is 22.2. The van der Waals surface area contributed by atoms with E-state index in [2.05, 4.69) is 5.32 Å². The highest BCUT2D eigenvalue weighted by molar-refractivity contribution is 5.92. The fraction of sp³-hybridized carbons (Fsp3) is 0.600. The number of likely N-dealkylation sites (tertiary alicyclic amines) is 1.